The summed E-state index contributed by atoms with van der Waals surface area (Å²) in [5.74, 6) is -0.0221. The Bertz CT molecular complexity index is 1110. The molecule has 1 aromatic heterocycles. The summed E-state index contributed by atoms with van der Waals surface area (Å²) in [6, 6.07) is 4.30. The number of halogens is 1. The van der Waals surface area contributed by atoms with Crippen LogP contribution in [0.15, 0.2) is 24.3 Å². The van der Waals surface area contributed by atoms with Gasteiger partial charge in [-0.3, -0.25) is 9.52 Å². The van der Waals surface area contributed by atoms with Gasteiger partial charge in [0.05, 0.1) is 29.2 Å². The Hall–Kier alpha value is -2.61. The Kier molecular flexibility index (Phi) is 5.21. The number of carbonyl (C=O) groups is 1. The number of carbonyl (C=O) groups excluding carboxylic acids is 1. The standard InChI is InChI=1S/C21H22FN3O3S/c1-2-10-29(27,28)25-18-9-8-14(11-16(18)22)21-15-4-3-5-17(15)23-20(24-21)12-19(26)13-6-7-13/h3-4,8-9,11,13,25H,2,5-7,10,12H2,1H3. The number of nitrogens with one attached hydrogen (secondary N) is 1. The summed E-state index contributed by atoms with van der Waals surface area (Å²) in [6.45, 7) is 1.74. The molecule has 1 fully saturated rings. The number of aromatic nitrogens is 2. The Balaban J connectivity index is 1.67. The maximum Gasteiger partial charge on any atom is 0.232 e. The number of benzene rings is 1. The van der Waals surface area contributed by atoms with E-state index in [1.807, 2.05) is 12.2 Å². The predicted molar refractivity (Wildman–Crippen MR) is 109 cm³/mol. The third-order valence-electron chi connectivity index (χ3n) is 5.01. The molecule has 0 spiro atoms. The Labute approximate surface area is 169 Å². The van der Waals surface area contributed by atoms with E-state index in [1.54, 1.807) is 13.0 Å². The predicted octanol–water partition coefficient (Wildman–Crippen LogP) is 3.53. The summed E-state index contributed by atoms with van der Waals surface area (Å²) < 4.78 is 40.8. The van der Waals surface area contributed by atoms with Gasteiger partial charge in [-0.15, -0.1) is 0 Å². The van der Waals surface area contributed by atoms with Crippen molar-refractivity contribution >= 4 is 27.6 Å². The molecule has 2 aliphatic rings. The Morgan fingerprint density at radius 2 is 2.07 bits per heavy atom. The van der Waals surface area contributed by atoms with Crippen LogP contribution in [0.1, 0.15) is 43.3 Å². The molecule has 0 bridgehead atoms. The second kappa shape index (κ2) is 7.67. The van der Waals surface area contributed by atoms with Crippen LogP contribution >= 0.6 is 0 Å². The first kappa shape index (κ1) is 19.7. The van der Waals surface area contributed by atoms with Crippen molar-refractivity contribution in [1.82, 2.24) is 9.97 Å². The zero-order valence-electron chi connectivity index (χ0n) is 16.1. The van der Waals surface area contributed by atoms with Crippen LogP contribution in [0.25, 0.3) is 17.3 Å². The first-order valence-electron chi connectivity index (χ1n) is 9.75. The van der Waals surface area contributed by atoms with Gasteiger partial charge in [-0.25, -0.2) is 22.8 Å². The van der Waals surface area contributed by atoms with Crippen LogP contribution in [0, 0.1) is 11.7 Å². The molecule has 1 aromatic carbocycles. The molecule has 1 saturated carbocycles. The number of anilines is 1. The van der Waals surface area contributed by atoms with E-state index >= 15 is 0 Å². The average Bonchev–Trinajstić information content (AvgIpc) is 3.41. The van der Waals surface area contributed by atoms with E-state index < -0.39 is 15.8 Å². The van der Waals surface area contributed by atoms with Crippen molar-refractivity contribution in [1.29, 1.82) is 0 Å². The number of rotatable bonds is 8. The van der Waals surface area contributed by atoms with Crippen molar-refractivity contribution in [2.24, 2.45) is 5.92 Å². The van der Waals surface area contributed by atoms with Gasteiger partial charge in [0.1, 0.15) is 17.4 Å². The summed E-state index contributed by atoms with van der Waals surface area (Å²) in [6.07, 6.45) is 6.98. The molecule has 6 nitrogen and oxygen atoms in total. The normalized spacial score (nSPS) is 15.4. The van der Waals surface area contributed by atoms with Gasteiger partial charge in [0.15, 0.2) is 0 Å². The monoisotopic (exact) mass is 415 g/mol. The van der Waals surface area contributed by atoms with Crippen LogP contribution in [0.4, 0.5) is 10.1 Å². The van der Waals surface area contributed by atoms with Crippen LogP contribution in [-0.2, 0) is 27.7 Å². The van der Waals surface area contributed by atoms with Crippen LogP contribution in [0.3, 0.4) is 0 Å². The lowest BCUT2D eigenvalue weighted by molar-refractivity contribution is -0.119. The molecule has 8 heteroatoms. The van der Waals surface area contributed by atoms with Gasteiger partial charge in [-0.1, -0.05) is 25.1 Å². The van der Waals surface area contributed by atoms with Crippen molar-refractivity contribution in [2.75, 3.05) is 10.5 Å². The molecule has 4 rings (SSSR count). The molecule has 29 heavy (non-hydrogen) atoms. The summed E-state index contributed by atoms with van der Waals surface area (Å²) >= 11 is 0. The van der Waals surface area contributed by atoms with E-state index in [-0.39, 0.29) is 29.6 Å². The van der Waals surface area contributed by atoms with Gasteiger partial charge in [-0.2, -0.15) is 0 Å². The zero-order chi connectivity index (χ0) is 20.6. The van der Waals surface area contributed by atoms with Crippen molar-refractivity contribution in [3.63, 3.8) is 0 Å². The minimum absolute atomic E-state index is 0.0726. The number of Topliss-reactive ketones (excluding diaryl/α,β-unsaturated/α-hetero) is 1. The summed E-state index contributed by atoms with van der Waals surface area (Å²) in [7, 11) is -3.58. The van der Waals surface area contributed by atoms with E-state index in [0.29, 0.717) is 29.9 Å². The number of sulfonamides is 1. The topological polar surface area (TPSA) is 89.0 Å². The zero-order valence-corrected chi connectivity index (χ0v) is 16.9. The fourth-order valence-electron chi connectivity index (χ4n) is 3.42. The van der Waals surface area contributed by atoms with E-state index in [0.717, 1.165) is 24.1 Å². The van der Waals surface area contributed by atoms with Crippen molar-refractivity contribution in [2.45, 2.75) is 39.0 Å². The lowest BCUT2D eigenvalue weighted by Crippen LogP contribution is -2.17. The highest BCUT2D eigenvalue weighted by atomic mass is 32.2. The van der Waals surface area contributed by atoms with Crippen molar-refractivity contribution < 1.29 is 17.6 Å². The van der Waals surface area contributed by atoms with Crippen LogP contribution in [0.2, 0.25) is 0 Å². The third-order valence-corrected chi connectivity index (χ3v) is 6.49. The van der Waals surface area contributed by atoms with E-state index in [1.165, 1.54) is 12.1 Å². The highest BCUT2D eigenvalue weighted by Gasteiger charge is 2.30. The molecule has 0 radical (unpaired) electrons. The third kappa shape index (κ3) is 4.37. The highest BCUT2D eigenvalue weighted by Crippen LogP contribution is 2.33. The maximum absolute atomic E-state index is 14.6. The average molecular weight is 415 g/mol. The molecule has 1 N–H and O–H groups in total. The van der Waals surface area contributed by atoms with Crippen LogP contribution < -0.4 is 4.72 Å². The molecule has 0 unspecified atom stereocenters. The Morgan fingerprint density at radius 1 is 1.28 bits per heavy atom. The van der Waals surface area contributed by atoms with E-state index in [9.17, 15) is 17.6 Å². The minimum Gasteiger partial charge on any atom is -0.299 e. The summed E-state index contributed by atoms with van der Waals surface area (Å²) in [5.41, 5.74) is 2.62. The van der Waals surface area contributed by atoms with Gasteiger partial charge in [0.25, 0.3) is 0 Å². The Morgan fingerprint density at radius 3 is 2.76 bits per heavy atom. The molecule has 0 saturated heterocycles. The number of ketones is 1. The lowest BCUT2D eigenvalue weighted by Gasteiger charge is -2.12. The second-order valence-corrected chi connectivity index (χ2v) is 9.33. The van der Waals surface area contributed by atoms with E-state index in [4.69, 9.17) is 0 Å². The first-order chi connectivity index (χ1) is 13.9. The van der Waals surface area contributed by atoms with Gasteiger partial charge in [0, 0.05) is 23.5 Å². The smallest absolute Gasteiger partial charge is 0.232 e. The van der Waals surface area contributed by atoms with Crippen molar-refractivity contribution in [3.8, 4) is 11.3 Å². The van der Waals surface area contributed by atoms with Crippen molar-refractivity contribution in [3.05, 3.63) is 47.2 Å². The quantitative estimate of drug-likeness (QED) is 0.713. The molecular formula is C21H22FN3O3S. The molecule has 0 aliphatic heterocycles. The largest absolute Gasteiger partial charge is 0.299 e. The summed E-state index contributed by atoms with van der Waals surface area (Å²) in [4.78, 5) is 21.3. The van der Waals surface area contributed by atoms with Gasteiger partial charge >= 0.3 is 0 Å². The number of allylic oxidation sites excluding steroid dienone is 1. The number of hydrogen-bond donors (Lipinski definition) is 1. The number of fused-ring (bicyclic) bond motifs is 1. The molecule has 0 atom stereocenters. The van der Waals surface area contributed by atoms with Gasteiger partial charge < -0.3 is 0 Å². The van der Waals surface area contributed by atoms with Crippen LogP contribution in [0.5, 0.6) is 0 Å². The van der Waals surface area contributed by atoms with Crippen LogP contribution in [-0.4, -0.2) is 29.9 Å². The van der Waals surface area contributed by atoms with Gasteiger partial charge in [-0.05, 0) is 31.4 Å². The molecule has 152 valence electrons. The highest BCUT2D eigenvalue weighted by molar-refractivity contribution is 7.92. The van der Waals surface area contributed by atoms with Gasteiger partial charge in [0.2, 0.25) is 10.0 Å². The minimum atomic E-state index is -3.58. The number of hydrogen-bond acceptors (Lipinski definition) is 5. The number of nitrogens with zero attached hydrogens (tertiary/aromatic N) is 2. The molecular weight excluding hydrogens is 393 g/mol. The first-order valence-corrected chi connectivity index (χ1v) is 11.4. The SMILES string of the molecule is CCCS(=O)(=O)Nc1ccc(-c2nc(CC(=O)C3CC3)nc3c2C=CC3)cc1F. The maximum atomic E-state index is 14.6. The second-order valence-electron chi connectivity index (χ2n) is 7.49. The molecule has 2 aliphatic carbocycles. The molecule has 0 amide bonds. The lowest BCUT2D eigenvalue weighted by atomic mass is 10.0. The summed E-state index contributed by atoms with van der Waals surface area (Å²) in [5, 5.41) is 0. The fraction of sp³-hybridized carbons (Fsp3) is 0.381. The van der Waals surface area contributed by atoms with E-state index in [2.05, 4.69) is 14.7 Å². The molecule has 1 heterocycles. The fourth-order valence-corrected chi connectivity index (χ4v) is 4.56. The molecule has 2 aromatic rings.